The van der Waals surface area contributed by atoms with Gasteiger partial charge in [-0.15, -0.1) is 0 Å². The first-order valence-electron chi connectivity index (χ1n) is 6.95. The Morgan fingerprint density at radius 2 is 2.04 bits per heavy atom. The van der Waals surface area contributed by atoms with Gasteiger partial charge < -0.3 is 9.84 Å². The van der Waals surface area contributed by atoms with E-state index in [1.54, 1.807) is 37.3 Å². The Hall–Kier alpha value is -2.18. The fraction of sp³-hybridized carbons (Fsp3) is 0.0588. The average Bonchev–Trinajstić information content (AvgIpc) is 2.92. The van der Waals surface area contributed by atoms with E-state index in [0.717, 1.165) is 0 Å². The minimum atomic E-state index is -0.550. The maximum atomic E-state index is 13.9. The van der Waals surface area contributed by atoms with Crippen LogP contribution in [0.5, 0.6) is 0 Å². The van der Waals surface area contributed by atoms with E-state index in [1.165, 1.54) is 12.1 Å². The van der Waals surface area contributed by atoms with Crippen LogP contribution in [0.1, 0.15) is 16.1 Å². The van der Waals surface area contributed by atoms with Crippen molar-refractivity contribution in [3.63, 3.8) is 0 Å². The molecule has 0 aliphatic carbocycles. The first kappa shape index (κ1) is 16.7. The lowest BCUT2D eigenvalue weighted by molar-refractivity contribution is 0.102. The average molecular weight is 410 g/mol. The standard InChI is InChI=1S/C17H11BrClFN2O2/c1-9-15(16(22-24-9)11-4-2-3-5-12(11)19)17(23)21-14-7-6-10(18)8-13(14)20/h2-8H,1H3,(H,21,23). The van der Waals surface area contributed by atoms with Crippen LogP contribution >= 0.6 is 27.5 Å². The minimum Gasteiger partial charge on any atom is -0.360 e. The fourth-order valence-corrected chi connectivity index (χ4v) is 2.81. The smallest absolute Gasteiger partial charge is 0.261 e. The zero-order valence-electron chi connectivity index (χ0n) is 12.4. The zero-order chi connectivity index (χ0) is 17.3. The number of aryl methyl sites for hydroxylation is 1. The van der Waals surface area contributed by atoms with Gasteiger partial charge in [-0.05, 0) is 31.2 Å². The fourth-order valence-electron chi connectivity index (χ4n) is 2.25. The van der Waals surface area contributed by atoms with Gasteiger partial charge in [0.2, 0.25) is 0 Å². The Morgan fingerprint density at radius 3 is 2.75 bits per heavy atom. The molecule has 0 bridgehead atoms. The second-order valence-electron chi connectivity index (χ2n) is 5.02. The van der Waals surface area contributed by atoms with E-state index in [9.17, 15) is 9.18 Å². The van der Waals surface area contributed by atoms with Crippen LogP contribution in [0, 0.1) is 12.7 Å². The van der Waals surface area contributed by atoms with E-state index in [1.807, 2.05) is 0 Å². The van der Waals surface area contributed by atoms with Crippen LogP contribution in [0.2, 0.25) is 5.02 Å². The maximum Gasteiger partial charge on any atom is 0.261 e. The summed E-state index contributed by atoms with van der Waals surface area (Å²) in [4.78, 5) is 12.6. The number of aromatic nitrogens is 1. The molecule has 3 aromatic rings. The maximum absolute atomic E-state index is 13.9. The van der Waals surface area contributed by atoms with Gasteiger partial charge in [-0.25, -0.2) is 4.39 Å². The van der Waals surface area contributed by atoms with Crippen LogP contribution in [0.3, 0.4) is 0 Å². The number of benzene rings is 2. The third-order valence-electron chi connectivity index (χ3n) is 3.40. The van der Waals surface area contributed by atoms with E-state index in [2.05, 4.69) is 26.4 Å². The van der Waals surface area contributed by atoms with Crippen molar-refractivity contribution in [2.45, 2.75) is 6.92 Å². The molecule has 0 aliphatic rings. The van der Waals surface area contributed by atoms with Crippen LogP contribution in [0.25, 0.3) is 11.3 Å². The highest BCUT2D eigenvalue weighted by molar-refractivity contribution is 9.10. The Bertz CT molecular complexity index is 927. The molecule has 0 saturated carbocycles. The van der Waals surface area contributed by atoms with Crippen molar-refractivity contribution < 1.29 is 13.7 Å². The third kappa shape index (κ3) is 3.20. The summed E-state index contributed by atoms with van der Waals surface area (Å²) in [6.07, 6.45) is 0. The number of amides is 1. The van der Waals surface area contributed by atoms with Crippen molar-refractivity contribution in [1.82, 2.24) is 5.16 Å². The summed E-state index contributed by atoms with van der Waals surface area (Å²) >= 11 is 9.34. The van der Waals surface area contributed by atoms with Crippen LogP contribution < -0.4 is 5.32 Å². The summed E-state index contributed by atoms with van der Waals surface area (Å²) in [6, 6.07) is 11.3. The number of carbonyl (C=O) groups is 1. The van der Waals surface area contributed by atoms with Crippen LogP contribution in [-0.2, 0) is 0 Å². The zero-order valence-corrected chi connectivity index (χ0v) is 14.8. The number of halogens is 3. The van der Waals surface area contributed by atoms with E-state index in [4.69, 9.17) is 16.1 Å². The van der Waals surface area contributed by atoms with Gasteiger partial charge in [-0.1, -0.05) is 50.9 Å². The molecule has 122 valence electrons. The molecule has 4 nitrogen and oxygen atoms in total. The van der Waals surface area contributed by atoms with Gasteiger partial charge in [0.15, 0.2) is 0 Å². The first-order chi connectivity index (χ1) is 11.5. The van der Waals surface area contributed by atoms with Gasteiger partial charge in [0.05, 0.1) is 10.7 Å². The highest BCUT2D eigenvalue weighted by Crippen LogP contribution is 2.31. The molecular formula is C17H11BrClFN2O2. The Balaban J connectivity index is 1.99. The van der Waals surface area contributed by atoms with E-state index < -0.39 is 11.7 Å². The largest absolute Gasteiger partial charge is 0.360 e. The van der Waals surface area contributed by atoms with E-state index >= 15 is 0 Å². The predicted molar refractivity (Wildman–Crippen MR) is 93.7 cm³/mol. The number of carbonyl (C=O) groups excluding carboxylic acids is 1. The van der Waals surface area contributed by atoms with Crippen LogP contribution in [-0.4, -0.2) is 11.1 Å². The molecule has 1 amide bonds. The van der Waals surface area contributed by atoms with Crippen LogP contribution in [0.15, 0.2) is 51.5 Å². The summed E-state index contributed by atoms with van der Waals surface area (Å²) in [7, 11) is 0. The molecule has 7 heteroatoms. The monoisotopic (exact) mass is 408 g/mol. The normalized spacial score (nSPS) is 10.7. The Kier molecular flexibility index (Phi) is 4.69. The van der Waals surface area contributed by atoms with Gasteiger partial charge in [0.25, 0.3) is 5.91 Å². The van der Waals surface area contributed by atoms with E-state index in [-0.39, 0.29) is 11.3 Å². The molecule has 3 rings (SSSR count). The van der Waals surface area contributed by atoms with Crippen molar-refractivity contribution in [2.24, 2.45) is 0 Å². The molecule has 0 spiro atoms. The second-order valence-corrected chi connectivity index (χ2v) is 6.34. The van der Waals surface area contributed by atoms with Gasteiger partial charge >= 0.3 is 0 Å². The lowest BCUT2D eigenvalue weighted by atomic mass is 10.1. The molecule has 2 aromatic carbocycles. The minimum absolute atomic E-state index is 0.0638. The number of nitrogens with one attached hydrogen (secondary N) is 1. The molecule has 0 aliphatic heterocycles. The van der Waals surface area contributed by atoms with Crippen LogP contribution in [0.4, 0.5) is 10.1 Å². The van der Waals surface area contributed by atoms with Crippen molar-refractivity contribution in [2.75, 3.05) is 5.32 Å². The lowest BCUT2D eigenvalue weighted by Gasteiger charge is -2.08. The van der Waals surface area contributed by atoms with Crippen molar-refractivity contribution in [3.05, 3.63) is 69.1 Å². The van der Waals surface area contributed by atoms with Gasteiger partial charge in [-0.3, -0.25) is 4.79 Å². The van der Waals surface area contributed by atoms with Crippen molar-refractivity contribution in [3.8, 4) is 11.3 Å². The molecule has 1 aromatic heterocycles. The number of anilines is 1. The summed E-state index contributed by atoms with van der Waals surface area (Å²) in [5.74, 6) is -0.754. The topological polar surface area (TPSA) is 55.1 Å². The lowest BCUT2D eigenvalue weighted by Crippen LogP contribution is -2.14. The third-order valence-corrected chi connectivity index (χ3v) is 4.22. The number of hydrogen-bond donors (Lipinski definition) is 1. The molecule has 24 heavy (non-hydrogen) atoms. The number of nitrogens with zero attached hydrogens (tertiary/aromatic N) is 1. The number of hydrogen-bond acceptors (Lipinski definition) is 3. The predicted octanol–water partition coefficient (Wildman–Crippen LogP) is 5.46. The quantitative estimate of drug-likeness (QED) is 0.625. The number of rotatable bonds is 3. The Morgan fingerprint density at radius 1 is 1.29 bits per heavy atom. The summed E-state index contributed by atoms with van der Waals surface area (Å²) in [5, 5.41) is 6.90. The van der Waals surface area contributed by atoms with Gasteiger partial charge in [-0.2, -0.15) is 0 Å². The highest BCUT2D eigenvalue weighted by atomic mass is 79.9. The molecule has 1 heterocycles. The second kappa shape index (κ2) is 6.75. The van der Waals surface area contributed by atoms with Crippen molar-refractivity contribution in [1.29, 1.82) is 0 Å². The molecular weight excluding hydrogens is 399 g/mol. The molecule has 0 unspecified atom stereocenters. The van der Waals surface area contributed by atoms with Gasteiger partial charge in [0, 0.05) is 10.0 Å². The molecule has 0 radical (unpaired) electrons. The van der Waals surface area contributed by atoms with Crippen molar-refractivity contribution >= 4 is 39.1 Å². The SMILES string of the molecule is Cc1onc(-c2ccccc2Cl)c1C(=O)Nc1ccc(Br)cc1F. The molecule has 0 fully saturated rings. The summed E-state index contributed by atoms with van der Waals surface area (Å²) < 4.78 is 19.7. The molecule has 0 atom stereocenters. The summed E-state index contributed by atoms with van der Waals surface area (Å²) in [6.45, 7) is 1.61. The first-order valence-corrected chi connectivity index (χ1v) is 8.12. The van der Waals surface area contributed by atoms with E-state index in [0.29, 0.717) is 26.5 Å². The van der Waals surface area contributed by atoms with Gasteiger partial charge in [0.1, 0.15) is 22.8 Å². The summed E-state index contributed by atoms with van der Waals surface area (Å²) in [5.41, 5.74) is 1.16. The molecule has 0 saturated heterocycles. The Labute approximate surface area is 150 Å². The highest BCUT2D eigenvalue weighted by Gasteiger charge is 2.23. The molecule has 1 N–H and O–H groups in total.